The van der Waals surface area contributed by atoms with Crippen molar-refractivity contribution < 1.29 is 19.4 Å². The number of hydrogen-bond acceptors (Lipinski definition) is 5. The van der Waals surface area contributed by atoms with E-state index in [0.29, 0.717) is 24.5 Å². The Bertz CT molecular complexity index is 745. The maximum Gasteiger partial charge on any atom is 0.338 e. The Morgan fingerprint density at radius 2 is 2.00 bits per heavy atom. The zero-order valence-electron chi connectivity index (χ0n) is 15.4. The minimum atomic E-state index is -0.398. The van der Waals surface area contributed by atoms with E-state index in [-0.39, 0.29) is 5.97 Å². The SMILES string of the molecule is COC(=O)c1cccc(-c2c(C)cc(OCC[C@H](C)O)nc2C)c1C. The molecule has 0 aliphatic carbocycles. The summed E-state index contributed by atoms with van der Waals surface area (Å²) in [6.45, 7) is 7.98. The molecule has 25 heavy (non-hydrogen) atoms. The molecule has 1 aromatic carbocycles. The number of carbonyl (C=O) groups excluding carboxylic acids is 1. The summed E-state index contributed by atoms with van der Waals surface area (Å²) in [5, 5.41) is 9.32. The predicted molar refractivity (Wildman–Crippen MR) is 97.0 cm³/mol. The highest BCUT2D eigenvalue weighted by molar-refractivity contribution is 5.93. The zero-order chi connectivity index (χ0) is 18.6. The average Bonchev–Trinajstić information content (AvgIpc) is 2.54. The number of aromatic nitrogens is 1. The van der Waals surface area contributed by atoms with E-state index in [1.54, 1.807) is 13.0 Å². The van der Waals surface area contributed by atoms with E-state index < -0.39 is 6.10 Å². The molecule has 2 rings (SSSR count). The van der Waals surface area contributed by atoms with Gasteiger partial charge < -0.3 is 14.6 Å². The quantitative estimate of drug-likeness (QED) is 0.812. The second-order valence-corrected chi connectivity index (χ2v) is 6.19. The number of carbonyl (C=O) groups is 1. The number of aryl methyl sites for hydroxylation is 2. The van der Waals surface area contributed by atoms with Crippen LogP contribution in [0.5, 0.6) is 5.88 Å². The van der Waals surface area contributed by atoms with Crippen molar-refractivity contribution in [2.75, 3.05) is 13.7 Å². The fraction of sp³-hybridized carbons (Fsp3) is 0.400. The van der Waals surface area contributed by atoms with Gasteiger partial charge in [0.1, 0.15) is 0 Å². The molecule has 0 unspecified atom stereocenters. The molecule has 0 radical (unpaired) electrons. The maximum atomic E-state index is 11.9. The maximum absolute atomic E-state index is 11.9. The van der Waals surface area contributed by atoms with Gasteiger partial charge in [-0.2, -0.15) is 0 Å². The Balaban J connectivity index is 2.39. The van der Waals surface area contributed by atoms with E-state index in [9.17, 15) is 9.90 Å². The monoisotopic (exact) mass is 343 g/mol. The van der Waals surface area contributed by atoms with Crippen molar-refractivity contribution in [3.8, 4) is 17.0 Å². The lowest BCUT2D eigenvalue weighted by Gasteiger charge is -2.16. The first-order chi connectivity index (χ1) is 11.8. The Kier molecular flexibility index (Phi) is 6.15. The van der Waals surface area contributed by atoms with Crippen LogP contribution in [-0.4, -0.2) is 35.9 Å². The number of aliphatic hydroxyl groups is 1. The van der Waals surface area contributed by atoms with Crippen molar-refractivity contribution in [1.29, 1.82) is 0 Å². The lowest BCUT2D eigenvalue weighted by atomic mass is 9.93. The third-order valence-electron chi connectivity index (χ3n) is 4.17. The van der Waals surface area contributed by atoms with Crippen LogP contribution in [0, 0.1) is 20.8 Å². The molecule has 0 spiro atoms. The molecule has 2 aromatic rings. The normalized spacial score (nSPS) is 11.9. The largest absolute Gasteiger partial charge is 0.478 e. The van der Waals surface area contributed by atoms with E-state index in [1.165, 1.54) is 7.11 Å². The molecule has 1 heterocycles. The lowest BCUT2D eigenvalue weighted by Crippen LogP contribution is -2.09. The third-order valence-corrected chi connectivity index (χ3v) is 4.17. The summed E-state index contributed by atoms with van der Waals surface area (Å²) in [7, 11) is 1.38. The third kappa shape index (κ3) is 4.37. The summed E-state index contributed by atoms with van der Waals surface area (Å²) in [6, 6.07) is 7.47. The second kappa shape index (κ2) is 8.12. The van der Waals surface area contributed by atoms with Gasteiger partial charge in [-0.05, 0) is 50.5 Å². The van der Waals surface area contributed by atoms with E-state index in [2.05, 4.69) is 4.98 Å². The van der Waals surface area contributed by atoms with Crippen LogP contribution < -0.4 is 4.74 Å². The number of pyridine rings is 1. The van der Waals surface area contributed by atoms with Crippen LogP contribution in [0.2, 0.25) is 0 Å². The Hall–Kier alpha value is -2.40. The molecule has 0 saturated heterocycles. The summed E-state index contributed by atoms with van der Waals surface area (Å²) >= 11 is 0. The Labute approximate surface area is 148 Å². The van der Waals surface area contributed by atoms with E-state index in [4.69, 9.17) is 9.47 Å². The van der Waals surface area contributed by atoms with Gasteiger partial charge in [-0.15, -0.1) is 0 Å². The van der Waals surface area contributed by atoms with Crippen molar-refractivity contribution >= 4 is 5.97 Å². The molecule has 0 saturated carbocycles. The van der Waals surface area contributed by atoms with E-state index >= 15 is 0 Å². The van der Waals surface area contributed by atoms with Crippen molar-refractivity contribution in [2.24, 2.45) is 0 Å². The van der Waals surface area contributed by atoms with Crippen molar-refractivity contribution in [1.82, 2.24) is 4.98 Å². The van der Waals surface area contributed by atoms with E-state index in [1.807, 2.05) is 39.0 Å². The molecule has 1 atom stereocenters. The van der Waals surface area contributed by atoms with E-state index in [0.717, 1.165) is 27.9 Å². The van der Waals surface area contributed by atoms with Crippen LogP contribution in [0.25, 0.3) is 11.1 Å². The fourth-order valence-electron chi connectivity index (χ4n) is 2.85. The molecular formula is C20H25NO4. The van der Waals surface area contributed by atoms with Crippen LogP contribution in [0.15, 0.2) is 24.3 Å². The minimum absolute atomic E-state index is 0.347. The van der Waals surface area contributed by atoms with Gasteiger partial charge in [0.15, 0.2) is 0 Å². The lowest BCUT2D eigenvalue weighted by molar-refractivity contribution is 0.0600. The summed E-state index contributed by atoms with van der Waals surface area (Å²) in [6.07, 6.45) is 0.159. The van der Waals surface area contributed by atoms with Crippen LogP contribution in [0.1, 0.15) is 40.5 Å². The minimum Gasteiger partial charge on any atom is -0.478 e. The van der Waals surface area contributed by atoms with Gasteiger partial charge in [-0.1, -0.05) is 12.1 Å². The number of rotatable bonds is 6. The molecule has 1 aromatic heterocycles. The summed E-state index contributed by atoms with van der Waals surface area (Å²) < 4.78 is 10.5. The molecular weight excluding hydrogens is 318 g/mol. The highest BCUT2D eigenvalue weighted by Gasteiger charge is 2.17. The second-order valence-electron chi connectivity index (χ2n) is 6.19. The number of methoxy groups -OCH3 is 1. The molecule has 0 aliphatic rings. The van der Waals surface area contributed by atoms with Crippen LogP contribution >= 0.6 is 0 Å². The summed E-state index contributed by atoms with van der Waals surface area (Å²) in [4.78, 5) is 16.5. The highest BCUT2D eigenvalue weighted by Crippen LogP contribution is 2.32. The predicted octanol–water partition coefficient (Wildman–Crippen LogP) is 3.61. The highest BCUT2D eigenvalue weighted by atomic mass is 16.5. The Morgan fingerprint density at radius 1 is 1.28 bits per heavy atom. The number of hydrogen-bond donors (Lipinski definition) is 1. The number of aliphatic hydroxyl groups excluding tert-OH is 1. The molecule has 1 N–H and O–H groups in total. The first-order valence-corrected chi connectivity index (χ1v) is 8.32. The smallest absolute Gasteiger partial charge is 0.338 e. The summed E-state index contributed by atoms with van der Waals surface area (Å²) in [5.41, 5.74) is 5.22. The number of esters is 1. The Morgan fingerprint density at radius 3 is 2.60 bits per heavy atom. The van der Waals surface area contributed by atoms with Gasteiger partial charge in [0.2, 0.25) is 5.88 Å². The number of ether oxygens (including phenoxy) is 2. The van der Waals surface area contributed by atoms with Gasteiger partial charge in [0.05, 0.1) is 25.4 Å². The molecule has 0 fully saturated rings. The number of benzene rings is 1. The number of nitrogens with zero attached hydrogens (tertiary/aromatic N) is 1. The van der Waals surface area contributed by atoms with Gasteiger partial charge in [0.25, 0.3) is 0 Å². The molecule has 134 valence electrons. The average molecular weight is 343 g/mol. The van der Waals surface area contributed by atoms with Crippen molar-refractivity contribution in [3.05, 3.63) is 46.6 Å². The van der Waals surface area contributed by atoms with Gasteiger partial charge in [-0.25, -0.2) is 9.78 Å². The van der Waals surface area contributed by atoms with Gasteiger partial charge in [0, 0.05) is 23.7 Å². The molecule has 0 aliphatic heterocycles. The summed E-state index contributed by atoms with van der Waals surface area (Å²) in [5.74, 6) is 0.196. The fourth-order valence-corrected chi connectivity index (χ4v) is 2.85. The molecule has 5 heteroatoms. The van der Waals surface area contributed by atoms with Crippen molar-refractivity contribution in [2.45, 2.75) is 40.2 Å². The van der Waals surface area contributed by atoms with Crippen LogP contribution in [0.3, 0.4) is 0 Å². The van der Waals surface area contributed by atoms with Crippen LogP contribution in [-0.2, 0) is 4.74 Å². The zero-order valence-corrected chi connectivity index (χ0v) is 15.4. The van der Waals surface area contributed by atoms with Crippen molar-refractivity contribution in [3.63, 3.8) is 0 Å². The molecule has 0 bridgehead atoms. The molecule has 5 nitrogen and oxygen atoms in total. The topological polar surface area (TPSA) is 68.7 Å². The van der Waals surface area contributed by atoms with Gasteiger partial charge in [-0.3, -0.25) is 0 Å². The first kappa shape index (κ1) is 18.9. The standard InChI is InChI=1S/C20H25NO4/c1-12-11-18(25-10-9-13(2)22)21-15(4)19(12)16-7-6-8-17(14(16)3)20(23)24-5/h6-8,11,13,22H,9-10H2,1-5H3/t13-/m0/s1. The first-order valence-electron chi connectivity index (χ1n) is 8.32. The van der Waals surface area contributed by atoms with Gasteiger partial charge >= 0.3 is 5.97 Å². The molecule has 0 amide bonds. The van der Waals surface area contributed by atoms with Crippen LogP contribution in [0.4, 0.5) is 0 Å².